The number of aromatic nitrogens is 1. The number of nitrogens with one attached hydrogen (secondary N) is 1. The number of hydrogen-bond donors (Lipinski definition) is 1. The van der Waals surface area contributed by atoms with Gasteiger partial charge in [-0.1, -0.05) is 6.07 Å². The Hall–Kier alpha value is -0.530. The molecule has 0 bridgehead atoms. The van der Waals surface area contributed by atoms with Crippen molar-refractivity contribution in [3.8, 4) is 0 Å². The lowest BCUT2D eigenvalue weighted by molar-refractivity contribution is -0.114. The van der Waals surface area contributed by atoms with Crippen molar-refractivity contribution in [3.05, 3.63) is 18.2 Å². The van der Waals surface area contributed by atoms with E-state index in [-0.39, 0.29) is 10.5 Å². The third-order valence-corrected chi connectivity index (χ3v) is 7.09. The van der Waals surface area contributed by atoms with Gasteiger partial charge in [-0.05, 0) is 12.1 Å². The van der Waals surface area contributed by atoms with E-state index >= 15 is 0 Å². The summed E-state index contributed by atoms with van der Waals surface area (Å²) in [5.41, 5.74) is 0. The summed E-state index contributed by atoms with van der Waals surface area (Å²) >= 11 is 5.40. The minimum atomic E-state index is 0.0202. The predicted octanol–water partition coefficient (Wildman–Crippen LogP) is 2.38. The minimum Gasteiger partial charge on any atom is -0.355 e. The fourth-order valence-corrected chi connectivity index (χ4v) is 5.64. The van der Waals surface area contributed by atoms with Gasteiger partial charge in [0.05, 0.1) is 0 Å². The maximum atomic E-state index is 12.1. The molecule has 2 saturated heterocycles. The zero-order valence-electron chi connectivity index (χ0n) is 11.1. The van der Waals surface area contributed by atoms with Crippen molar-refractivity contribution in [2.75, 3.05) is 46.3 Å². The third-order valence-electron chi connectivity index (χ3n) is 3.16. The molecule has 3 rings (SSSR count). The van der Waals surface area contributed by atoms with Gasteiger partial charge < -0.3 is 10.2 Å². The van der Waals surface area contributed by atoms with Crippen molar-refractivity contribution in [3.63, 3.8) is 0 Å². The summed E-state index contributed by atoms with van der Waals surface area (Å²) in [6.07, 6.45) is 0. The van der Waals surface area contributed by atoms with Gasteiger partial charge >= 0.3 is 0 Å². The van der Waals surface area contributed by atoms with Gasteiger partial charge in [-0.15, -0.1) is 23.5 Å². The quantitative estimate of drug-likeness (QED) is 0.920. The van der Waals surface area contributed by atoms with E-state index < -0.39 is 0 Å². The lowest BCUT2D eigenvalue weighted by Gasteiger charge is -2.27. The molecule has 1 amide bonds. The molecule has 1 aromatic heterocycles. The Morgan fingerprint density at radius 2 is 1.95 bits per heavy atom. The number of thioether (sulfide) groups is 3. The number of carbonyl (C=O) groups is 1. The van der Waals surface area contributed by atoms with Crippen molar-refractivity contribution < 1.29 is 4.79 Å². The second-order valence-electron chi connectivity index (χ2n) is 4.54. The lowest BCUT2D eigenvalue weighted by atomic mass is 10.4. The highest BCUT2D eigenvalue weighted by Crippen LogP contribution is 2.32. The monoisotopic (exact) mass is 327 g/mol. The molecule has 2 fully saturated rings. The highest BCUT2D eigenvalue weighted by Gasteiger charge is 2.24. The van der Waals surface area contributed by atoms with Crippen LogP contribution in [0.25, 0.3) is 0 Å². The predicted molar refractivity (Wildman–Crippen MR) is 91.1 cm³/mol. The van der Waals surface area contributed by atoms with E-state index in [9.17, 15) is 4.79 Å². The van der Waals surface area contributed by atoms with Crippen molar-refractivity contribution in [2.24, 2.45) is 0 Å². The summed E-state index contributed by atoms with van der Waals surface area (Å²) in [5.74, 6) is 6.11. The van der Waals surface area contributed by atoms with E-state index in [2.05, 4.69) is 15.2 Å². The zero-order valence-corrected chi connectivity index (χ0v) is 13.5. The normalized spacial score (nSPS) is 20.1. The first-order valence-electron chi connectivity index (χ1n) is 6.67. The van der Waals surface area contributed by atoms with Crippen molar-refractivity contribution in [1.29, 1.82) is 0 Å². The highest BCUT2D eigenvalue weighted by atomic mass is 32.2. The van der Waals surface area contributed by atoms with Crippen LogP contribution in [0.2, 0.25) is 0 Å². The van der Waals surface area contributed by atoms with Crippen LogP contribution in [-0.4, -0.2) is 51.6 Å². The van der Waals surface area contributed by atoms with Gasteiger partial charge in [-0.3, -0.25) is 4.79 Å². The molecule has 0 aliphatic carbocycles. The maximum absolute atomic E-state index is 12.1. The Morgan fingerprint density at radius 1 is 1.20 bits per heavy atom. The first-order valence-corrected chi connectivity index (χ1v) is 9.92. The molecule has 0 spiro atoms. The fourth-order valence-electron chi connectivity index (χ4n) is 2.16. The van der Waals surface area contributed by atoms with Crippen molar-refractivity contribution in [2.45, 2.75) is 4.58 Å². The number of pyridine rings is 1. The molecule has 1 N–H and O–H groups in total. The fraction of sp³-hybridized carbons (Fsp3) is 0.538. The summed E-state index contributed by atoms with van der Waals surface area (Å²) in [6, 6.07) is 5.85. The molecule has 4 nitrogen and oxygen atoms in total. The first kappa shape index (κ1) is 14.4. The minimum absolute atomic E-state index is 0.0202. The van der Waals surface area contributed by atoms with Gasteiger partial charge in [0.2, 0.25) is 5.91 Å². The summed E-state index contributed by atoms with van der Waals surface area (Å²) in [5, 5.41) is 2.94. The van der Waals surface area contributed by atoms with Gasteiger partial charge in [-0.25, -0.2) is 4.98 Å². The van der Waals surface area contributed by atoms with Crippen LogP contribution in [0.3, 0.4) is 0 Å². The van der Waals surface area contributed by atoms with Crippen LogP contribution < -0.4 is 10.2 Å². The summed E-state index contributed by atoms with van der Waals surface area (Å²) in [7, 11) is 0. The Morgan fingerprint density at radius 3 is 2.70 bits per heavy atom. The number of amides is 1. The number of carbonyl (C=O) groups excluding carboxylic acids is 1. The van der Waals surface area contributed by atoms with Crippen molar-refractivity contribution >= 4 is 52.8 Å². The summed E-state index contributed by atoms with van der Waals surface area (Å²) in [6.45, 7) is 2.06. The van der Waals surface area contributed by atoms with Gasteiger partial charge in [0.25, 0.3) is 0 Å². The Balaban J connectivity index is 1.65. The first-order chi connectivity index (χ1) is 9.83. The number of anilines is 2. The molecule has 2 aliphatic heterocycles. The Kier molecular flexibility index (Phi) is 5.01. The van der Waals surface area contributed by atoms with E-state index in [1.165, 1.54) is 0 Å². The van der Waals surface area contributed by atoms with E-state index in [1.54, 1.807) is 23.5 Å². The smallest absolute Gasteiger partial charge is 0.248 e. The SMILES string of the molecule is O=C(Nc1cccc(N2CCSCC2)n1)C1SCCS1. The van der Waals surface area contributed by atoms with E-state index in [0.717, 1.165) is 41.9 Å². The summed E-state index contributed by atoms with van der Waals surface area (Å²) < 4.78 is 0.0202. The second kappa shape index (κ2) is 6.95. The molecule has 0 radical (unpaired) electrons. The molecule has 2 aliphatic rings. The highest BCUT2D eigenvalue weighted by molar-refractivity contribution is 8.21. The van der Waals surface area contributed by atoms with E-state index in [0.29, 0.717) is 5.82 Å². The van der Waals surface area contributed by atoms with E-state index in [1.807, 2.05) is 30.0 Å². The van der Waals surface area contributed by atoms with Crippen LogP contribution in [0, 0.1) is 0 Å². The van der Waals surface area contributed by atoms with Crippen molar-refractivity contribution in [1.82, 2.24) is 4.98 Å². The molecule has 0 unspecified atom stereocenters. The largest absolute Gasteiger partial charge is 0.355 e. The van der Waals surface area contributed by atoms with Crippen LogP contribution in [0.15, 0.2) is 18.2 Å². The average Bonchev–Trinajstić information content (AvgIpc) is 3.03. The molecule has 0 aromatic carbocycles. The van der Waals surface area contributed by atoms with Gasteiger partial charge in [0.15, 0.2) is 0 Å². The van der Waals surface area contributed by atoms with Crippen LogP contribution in [0.5, 0.6) is 0 Å². The Bertz CT molecular complexity index is 474. The topological polar surface area (TPSA) is 45.2 Å². The van der Waals surface area contributed by atoms with Gasteiger partial charge in [0.1, 0.15) is 16.2 Å². The number of nitrogens with zero attached hydrogens (tertiary/aromatic N) is 2. The maximum Gasteiger partial charge on any atom is 0.248 e. The average molecular weight is 328 g/mol. The Labute approximate surface area is 131 Å². The zero-order chi connectivity index (χ0) is 13.8. The standard InChI is InChI=1S/C13H17N3OS3/c17-12(13-19-8-9-20-13)15-10-2-1-3-11(14-10)16-4-6-18-7-5-16/h1-3,13H,4-9H2,(H,14,15,17). The second-order valence-corrected chi connectivity index (χ2v) is 8.49. The van der Waals surface area contributed by atoms with Crippen LogP contribution in [-0.2, 0) is 4.79 Å². The van der Waals surface area contributed by atoms with E-state index in [4.69, 9.17) is 0 Å². The van der Waals surface area contributed by atoms with Gasteiger partial charge in [-0.2, -0.15) is 11.8 Å². The van der Waals surface area contributed by atoms with Crippen LogP contribution in [0.1, 0.15) is 0 Å². The lowest BCUT2D eigenvalue weighted by Crippen LogP contribution is -2.33. The molecule has 0 saturated carbocycles. The molecule has 108 valence electrons. The molecular weight excluding hydrogens is 310 g/mol. The van der Waals surface area contributed by atoms with Gasteiger partial charge in [0, 0.05) is 36.1 Å². The third kappa shape index (κ3) is 3.56. The molecule has 20 heavy (non-hydrogen) atoms. The number of rotatable bonds is 3. The molecule has 1 aromatic rings. The van der Waals surface area contributed by atoms with Crippen LogP contribution >= 0.6 is 35.3 Å². The molecular formula is C13H17N3OS3. The molecule has 3 heterocycles. The van der Waals surface area contributed by atoms with Crippen LogP contribution in [0.4, 0.5) is 11.6 Å². The summed E-state index contributed by atoms with van der Waals surface area (Å²) in [4.78, 5) is 18.9. The number of hydrogen-bond acceptors (Lipinski definition) is 6. The molecule has 0 atom stereocenters. The molecule has 7 heteroatoms.